The van der Waals surface area contributed by atoms with Crippen LogP contribution in [0, 0.1) is 21.4 Å². The average Bonchev–Trinajstić information content (AvgIpc) is 2.48. The van der Waals surface area contributed by atoms with Crippen LogP contribution in [0.5, 0.6) is 0 Å². The summed E-state index contributed by atoms with van der Waals surface area (Å²) in [6.07, 6.45) is 1.67. The minimum absolute atomic E-state index is 0.119. The van der Waals surface area contributed by atoms with Gasteiger partial charge in [0.15, 0.2) is 0 Å². The maximum atomic E-state index is 11.0. The molecule has 2 aromatic rings. The molecule has 100 valence electrons. The van der Waals surface area contributed by atoms with Gasteiger partial charge in [-0.25, -0.2) is 0 Å². The van der Waals surface area contributed by atoms with E-state index in [1.165, 1.54) is 12.1 Å². The minimum Gasteiger partial charge on any atom is -0.371 e. The SMILES string of the molecule is CC(Nc1ccc(C#N)cc1[N+](=O)[O-])c1ccccn1. The zero-order chi connectivity index (χ0) is 14.5. The Morgan fingerprint density at radius 1 is 1.40 bits per heavy atom. The Hall–Kier alpha value is -2.94. The van der Waals surface area contributed by atoms with Gasteiger partial charge in [0.05, 0.1) is 28.3 Å². The lowest BCUT2D eigenvalue weighted by Gasteiger charge is -2.14. The van der Waals surface area contributed by atoms with E-state index < -0.39 is 4.92 Å². The van der Waals surface area contributed by atoms with Gasteiger partial charge in [-0.05, 0) is 31.2 Å². The number of nitro benzene ring substituents is 1. The van der Waals surface area contributed by atoms with Crippen LogP contribution in [0.1, 0.15) is 24.2 Å². The molecule has 1 aromatic heterocycles. The van der Waals surface area contributed by atoms with Crippen LogP contribution in [0.4, 0.5) is 11.4 Å². The zero-order valence-corrected chi connectivity index (χ0v) is 10.8. The van der Waals surface area contributed by atoms with E-state index >= 15 is 0 Å². The molecule has 1 aromatic carbocycles. The third-order valence-electron chi connectivity index (χ3n) is 2.83. The maximum Gasteiger partial charge on any atom is 0.293 e. The van der Waals surface area contributed by atoms with Crippen molar-refractivity contribution in [3.05, 3.63) is 64.0 Å². The fourth-order valence-electron chi connectivity index (χ4n) is 1.81. The summed E-state index contributed by atoms with van der Waals surface area (Å²) in [6, 6.07) is 11.6. The van der Waals surface area contributed by atoms with Crippen LogP contribution in [0.2, 0.25) is 0 Å². The molecule has 0 fully saturated rings. The van der Waals surface area contributed by atoms with E-state index in [2.05, 4.69) is 10.3 Å². The van der Waals surface area contributed by atoms with Crippen molar-refractivity contribution < 1.29 is 4.92 Å². The van der Waals surface area contributed by atoms with Crippen LogP contribution in [-0.2, 0) is 0 Å². The standard InChI is InChI=1S/C14H12N4O2/c1-10(12-4-2-3-7-16-12)17-13-6-5-11(9-15)8-14(13)18(19)20/h2-8,10,17H,1H3. The van der Waals surface area contributed by atoms with Crippen molar-refractivity contribution in [2.75, 3.05) is 5.32 Å². The summed E-state index contributed by atoms with van der Waals surface area (Å²) >= 11 is 0. The number of nitriles is 1. The van der Waals surface area contributed by atoms with E-state index in [1.807, 2.05) is 25.1 Å². The first-order chi connectivity index (χ1) is 9.61. The molecule has 0 saturated heterocycles. The minimum atomic E-state index is -0.506. The first kappa shape index (κ1) is 13.5. The van der Waals surface area contributed by atoms with Gasteiger partial charge in [0.1, 0.15) is 5.69 Å². The van der Waals surface area contributed by atoms with Crippen molar-refractivity contribution in [3.63, 3.8) is 0 Å². The Kier molecular flexibility index (Phi) is 3.91. The van der Waals surface area contributed by atoms with Gasteiger partial charge in [0.25, 0.3) is 5.69 Å². The summed E-state index contributed by atoms with van der Waals surface area (Å²) < 4.78 is 0. The van der Waals surface area contributed by atoms with Crippen molar-refractivity contribution >= 4 is 11.4 Å². The first-order valence-corrected chi connectivity index (χ1v) is 5.98. The number of nitro groups is 1. The van der Waals surface area contributed by atoms with Crippen LogP contribution >= 0.6 is 0 Å². The number of hydrogen-bond donors (Lipinski definition) is 1. The van der Waals surface area contributed by atoms with Gasteiger partial charge < -0.3 is 5.32 Å². The molecule has 2 rings (SSSR count). The fourth-order valence-corrected chi connectivity index (χ4v) is 1.81. The van der Waals surface area contributed by atoms with E-state index in [4.69, 9.17) is 5.26 Å². The monoisotopic (exact) mass is 268 g/mol. The van der Waals surface area contributed by atoms with Crippen LogP contribution < -0.4 is 5.32 Å². The van der Waals surface area contributed by atoms with E-state index in [0.717, 1.165) is 5.69 Å². The smallest absolute Gasteiger partial charge is 0.293 e. The van der Waals surface area contributed by atoms with Gasteiger partial charge in [-0.2, -0.15) is 5.26 Å². The molecule has 0 aliphatic heterocycles. The Bertz CT molecular complexity index is 665. The number of benzene rings is 1. The topological polar surface area (TPSA) is 91.8 Å². The number of nitrogens with one attached hydrogen (secondary N) is 1. The second-order valence-electron chi connectivity index (χ2n) is 4.22. The lowest BCUT2D eigenvalue weighted by molar-refractivity contribution is -0.384. The molecule has 1 N–H and O–H groups in total. The molecule has 1 heterocycles. The predicted octanol–water partition coefficient (Wildman–Crippen LogP) is 3.03. The highest BCUT2D eigenvalue weighted by molar-refractivity contribution is 5.64. The van der Waals surface area contributed by atoms with Gasteiger partial charge in [-0.1, -0.05) is 6.07 Å². The number of hydrogen-bond acceptors (Lipinski definition) is 5. The van der Waals surface area contributed by atoms with Crippen molar-refractivity contribution in [2.45, 2.75) is 13.0 Å². The molecular weight excluding hydrogens is 256 g/mol. The van der Waals surface area contributed by atoms with Crippen LogP contribution in [0.25, 0.3) is 0 Å². The van der Waals surface area contributed by atoms with Gasteiger partial charge in [-0.15, -0.1) is 0 Å². The number of anilines is 1. The molecular formula is C14H12N4O2. The lowest BCUT2D eigenvalue weighted by Crippen LogP contribution is -2.09. The van der Waals surface area contributed by atoms with Gasteiger partial charge in [0.2, 0.25) is 0 Å². The van der Waals surface area contributed by atoms with Crippen molar-refractivity contribution in [3.8, 4) is 6.07 Å². The molecule has 6 nitrogen and oxygen atoms in total. The molecule has 6 heteroatoms. The normalized spacial score (nSPS) is 11.4. The Labute approximate surface area is 115 Å². The molecule has 20 heavy (non-hydrogen) atoms. The van der Waals surface area contributed by atoms with E-state index in [0.29, 0.717) is 5.69 Å². The lowest BCUT2D eigenvalue weighted by atomic mass is 10.1. The number of rotatable bonds is 4. The Morgan fingerprint density at radius 2 is 2.20 bits per heavy atom. The quantitative estimate of drug-likeness (QED) is 0.679. The number of nitrogens with zero attached hydrogens (tertiary/aromatic N) is 3. The highest BCUT2D eigenvalue weighted by Gasteiger charge is 2.17. The molecule has 1 atom stereocenters. The largest absolute Gasteiger partial charge is 0.371 e. The molecule has 0 aliphatic rings. The third-order valence-corrected chi connectivity index (χ3v) is 2.83. The summed E-state index contributed by atoms with van der Waals surface area (Å²) in [5, 5.41) is 22.9. The second kappa shape index (κ2) is 5.80. The summed E-state index contributed by atoms with van der Waals surface area (Å²) in [5.74, 6) is 0. The van der Waals surface area contributed by atoms with Gasteiger partial charge in [-0.3, -0.25) is 15.1 Å². The second-order valence-corrected chi connectivity index (χ2v) is 4.22. The summed E-state index contributed by atoms with van der Waals surface area (Å²) in [5.41, 5.74) is 1.29. The van der Waals surface area contributed by atoms with Crippen molar-refractivity contribution in [2.24, 2.45) is 0 Å². The van der Waals surface area contributed by atoms with Crippen LogP contribution in [0.15, 0.2) is 42.6 Å². The summed E-state index contributed by atoms with van der Waals surface area (Å²) in [6.45, 7) is 1.87. The van der Waals surface area contributed by atoms with Gasteiger partial charge >= 0.3 is 0 Å². The zero-order valence-electron chi connectivity index (χ0n) is 10.8. The number of pyridine rings is 1. The summed E-state index contributed by atoms with van der Waals surface area (Å²) in [4.78, 5) is 14.7. The molecule has 0 amide bonds. The highest BCUT2D eigenvalue weighted by Crippen LogP contribution is 2.28. The average molecular weight is 268 g/mol. The fraction of sp³-hybridized carbons (Fsp3) is 0.143. The molecule has 0 spiro atoms. The molecule has 1 unspecified atom stereocenters. The third kappa shape index (κ3) is 2.90. The Morgan fingerprint density at radius 3 is 2.80 bits per heavy atom. The van der Waals surface area contributed by atoms with Crippen LogP contribution in [-0.4, -0.2) is 9.91 Å². The molecule has 0 saturated carbocycles. The van der Waals surface area contributed by atoms with E-state index in [-0.39, 0.29) is 17.3 Å². The van der Waals surface area contributed by atoms with E-state index in [1.54, 1.807) is 18.3 Å². The van der Waals surface area contributed by atoms with Crippen molar-refractivity contribution in [1.82, 2.24) is 4.98 Å². The molecule has 0 bridgehead atoms. The van der Waals surface area contributed by atoms with Gasteiger partial charge in [0, 0.05) is 12.3 Å². The molecule has 0 aliphatic carbocycles. The molecule has 0 radical (unpaired) electrons. The van der Waals surface area contributed by atoms with Crippen LogP contribution in [0.3, 0.4) is 0 Å². The van der Waals surface area contributed by atoms with E-state index in [9.17, 15) is 10.1 Å². The maximum absolute atomic E-state index is 11.0. The highest BCUT2D eigenvalue weighted by atomic mass is 16.6. The first-order valence-electron chi connectivity index (χ1n) is 5.98. The van der Waals surface area contributed by atoms with Crippen molar-refractivity contribution in [1.29, 1.82) is 5.26 Å². The number of aromatic nitrogens is 1. The Balaban J connectivity index is 2.30. The predicted molar refractivity (Wildman–Crippen MR) is 74.1 cm³/mol. The summed E-state index contributed by atoms with van der Waals surface area (Å²) in [7, 11) is 0.